The Bertz CT molecular complexity index is 703. The highest BCUT2D eigenvalue weighted by Gasteiger charge is 2.09. The fourth-order valence-electron chi connectivity index (χ4n) is 3.08. The molecule has 0 saturated heterocycles. The fraction of sp³-hybridized carbons (Fsp3) is 0.571. The van der Waals surface area contributed by atoms with Crippen molar-refractivity contribution in [2.45, 2.75) is 32.6 Å². The van der Waals surface area contributed by atoms with Crippen LogP contribution in [0.15, 0.2) is 24.4 Å². The van der Waals surface area contributed by atoms with Gasteiger partial charge in [0.25, 0.3) is 0 Å². The van der Waals surface area contributed by atoms with Crippen LogP contribution in [0.5, 0.6) is 0 Å². The summed E-state index contributed by atoms with van der Waals surface area (Å²) in [5.74, 6) is -0.324. The van der Waals surface area contributed by atoms with Crippen LogP contribution in [-0.2, 0) is 11.2 Å². The number of rotatable bonds is 15. The first-order valence-corrected chi connectivity index (χ1v) is 10.3. The van der Waals surface area contributed by atoms with Gasteiger partial charge in [-0.25, -0.2) is 4.39 Å². The highest BCUT2D eigenvalue weighted by atomic mass is 19.1. The topological polar surface area (TPSA) is 81.0 Å². The molecule has 0 spiro atoms. The molecule has 0 radical (unpaired) electrons. The lowest BCUT2D eigenvalue weighted by molar-refractivity contribution is -0.120. The number of hydrogen-bond acceptors (Lipinski definition) is 4. The Kier molecular flexibility index (Phi) is 10.6. The molecule has 0 aliphatic carbocycles. The summed E-state index contributed by atoms with van der Waals surface area (Å²) >= 11 is 0. The van der Waals surface area contributed by atoms with Crippen molar-refractivity contribution in [1.82, 2.24) is 26.3 Å². The molecule has 156 valence electrons. The quantitative estimate of drug-likeness (QED) is 0.301. The number of benzene rings is 1. The van der Waals surface area contributed by atoms with Crippen LogP contribution in [0.4, 0.5) is 4.39 Å². The fourth-order valence-corrected chi connectivity index (χ4v) is 3.08. The first-order chi connectivity index (χ1) is 13.7. The molecule has 1 heterocycles. The first-order valence-electron chi connectivity index (χ1n) is 10.3. The largest absolute Gasteiger partial charge is 0.361 e. The van der Waals surface area contributed by atoms with Gasteiger partial charge in [-0.1, -0.05) is 6.92 Å². The lowest BCUT2D eigenvalue weighted by Gasteiger charge is -2.08. The Morgan fingerprint density at radius 2 is 1.61 bits per heavy atom. The van der Waals surface area contributed by atoms with Gasteiger partial charge in [0, 0.05) is 23.6 Å². The summed E-state index contributed by atoms with van der Waals surface area (Å²) in [7, 11) is 0. The van der Waals surface area contributed by atoms with Gasteiger partial charge in [0.1, 0.15) is 5.82 Å². The number of H-pyrrole nitrogens is 1. The van der Waals surface area contributed by atoms with E-state index in [0.29, 0.717) is 6.54 Å². The molecule has 1 aromatic carbocycles. The number of halogens is 1. The normalized spacial score (nSPS) is 11.2. The molecule has 1 aromatic heterocycles. The van der Waals surface area contributed by atoms with E-state index in [1.165, 1.54) is 12.1 Å². The van der Waals surface area contributed by atoms with Crippen LogP contribution in [0.1, 0.15) is 31.7 Å². The molecule has 5 N–H and O–H groups in total. The van der Waals surface area contributed by atoms with E-state index >= 15 is 0 Å². The molecule has 0 aliphatic heterocycles. The molecular formula is C21H34FN5O. The maximum Gasteiger partial charge on any atom is 0.224 e. The standard InChI is InChI=1S/C21H34FN5O/c1-2-23-8-3-9-24-10-4-11-25-12-5-13-26-21(28)14-17-16-27-20-7-6-18(22)15-19(17)20/h6-7,15-16,23-25,27H,2-5,8-14H2,1H3,(H,26,28). The molecule has 0 aliphatic rings. The first kappa shape index (κ1) is 22.3. The minimum atomic E-state index is -0.288. The Morgan fingerprint density at radius 3 is 2.29 bits per heavy atom. The Morgan fingerprint density at radius 1 is 0.964 bits per heavy atom. The van der Waals surface area contributed by atoms with Gasteiger partial charge in [0.2, 0.25) is 5.91 Å². The van der Waals surface area contributed by atoms with Gasteiger partial charge in [-0.05, 0) is 82.3 Å². The summed E-state index contributed by atoms with van der Waals surface area (Å²) in [6, 6.07) is 4.57. The number of carbonyl (C=O) groups excluding carboxylic acids is 1. The highest BCUT2D eigenvalue weighted by molar-refractivity contribution is 5.88. The number of fused-ring (bicyclic) bond motifs is 1. The Labute approximate surface area is 167 Å². The van der Waals surface area contributed by atoms with Crippen molar-refractivity contribution in [3.05, 3.63) is 35.8 Å². The molecule has 0 atom stereocenters. The second kappa shape index (κ2) is 13.3. The van der Waals surface area contributed by atoms with E-state index in [4.69, 9.17) is 0 Å². The molecular weight excluding hydrogens is 357 g/mol. The number of aromatic nitrogens is 1. The zero-order chi connectivity index (χ0) is 20.0. The van der Waals surface area contributed by atoms with Crippen molar-refractivity contribution in [1.29, 1.82) is 0 Å². The van der Waals surface area contributed by atoms with Crippen LogP contribution >= 0.6 is 0 Å². The van der Waals surface area contributed by atoms with Gasteiger partial charge in [-0.15, -0.1) is 0 Å². The molecule has 0 bridgehead atoms. The van der Waals surface area contributed by atoms with Gasteiger partial charge in [-0.2, -0.15) is 0 Å². The molecule has 0 fully saturated rings. The summed E-state index contributed by atoms with van der Waals surface area (Å²) in [6.07, 6.45) is 5.19. The third kappa shape index (κ3) is 8.37. The predicted molar refractivity (Wildman–Crippen MR) is 113 cm³/mol. The van der Waals surface area contributed by atoms with E-state index in [1.54, 1.807) is 12.3 Å². The van der Waals surface area contributed by atoms with Crippen LogP contribution in [-0.4, -0.2) is 56.7 Å². The number of nitrogens with one attached hydrogen (secondary N) is 5. The summed E-state index contributed by atoms with van der Waals surface area (Å²) in [5, 5.41) is 13.8. The summed E-state index contributed by atoms with van der Waals surface area (Å²) in [6.45, 7) is 8.83. The van der Waals surface area contributed by atoms with Crippen LogP contribution in [0.2, 0.25) is 0 Å². The number of aromatic amines is 1. The third-order valence-corrected chi connectivity index (χ3v) is 4.60. The molecule has 2 rings (SSSR count). The molecule has 2 aromatic rings. The van der Waals surface area contributed by atoms with Crippen molar-refractivity contribution in [2.24, 2.45) is 0 Å². The van der Waals surface area contributed by atoms with Crippen LogP contribution in [0.3, 0.4) is 0 Å². The Balaban J connectivity index is 1.46. The molecule has 1 amide bonds. The summed E-state index contributed by atoms with van der Waals surface area (Å²) in [5.41, 5.74) is 1.67. The highest BCUT2D eigenvalue weighted by Crippen LogP contribution is 2.19. The zero-order valence-electron chi connectivity index (χ0n) is 16.9. The molecule has 0 unspecified atom stereocenters. The van der Waals surface area contributed by atoms with Crippen molar-refractivity contribution < 1.29 is 9.18 Å². The van der Waals surface area contributed by atoms with E-state index < -0.39 is 0 Å². The van der Waals surface area contributed by atoms with Gasteiger partial charge < -0.3 is 26.3 Å². The maximum absolute atomic E-state index is 13.4. The van der Waals surface area contributed by atoms with Gasteiger partial charge in [0.15, 0.2) is 0 Å². The zero-order valence-corrected chi connectivity index (χ0v) is 16.9. The molecule has 0 saturated carbocycles. The lowest BCUT2D eigenvalue weighted by Crippen LogP contribution is -2.29. The predicted octanol–water partition coefficient (Wildman–Crippen LogP) is 1.92. The molecule has 28 heavy (non-hydrogen) atoms. The number of amides is 1. The van der Waals surface area contributed by atoms with Crippen molar-refractivity contribution >= 4 is 16.8 Å². The second-order valence-corrected chi connectivity index (χ2v) is 6.94. The third-order valence-electron chi connectivity index (χ3n) is 4.60. The lowest BCUT2D eigenvalue weighted by atomic mass is 10.1. The Hall–Kier alpha value is -1.96. The summed E-state index contributed by atoms with van der Waals surface area (Å²) in [4.78, 5) is 15.2. The van der Waals surface area contributed by atoms with Crippen molar-refractivity contribution in [3.63, 3.8) is 0 Å². The van der Waals surface area contributed by atoms with Crippen LogP contribution in [0, 0.1) is 5.82 Å². The maximum atomic E-state index is 13.4. The SMILES string of the molecule is CCNCCCNCCCNCCCNC(=O)Cc1c[nH]c2ccc(F)cc12. The van der Waals surface area contributed by atoms with Crippen molar-refractivity contribution in [2.75, 3.05) is 45.8 Å². The van der Waals surface area contributed by atoms with E-state index in [9.17, 15) is 9.18 Å². The van der Waals surface area contributed by atoms with Gasteiger partial charge >= 0.3 is 0 Å². The smallest absolute Gasteiger partial charge is 0.224 e. The van der Waals surface area contributed by atoms with Gasteiger partial charge in [-0.3, -0.25) is 4.79 Å². The van der Waals surface area contributed by atoms with Crippen LogP contribution in [0.25, 0.3) is 10.9 Å². The van der Waals surface area contributed by atoms with E-state index in [2.05, 4.69) is 33.2 Å². The van der Waals surface area contributed by atoms with E-state index in [-0.39, 0.29) is 18.1 Å². The monoisotopic (exact) mass is 391 g/mol. The number of hydrogen-bond donors (Lipinski definition) is 5. The van der Waals surface area contributed by atoms with E-state index in [1.807, 2.05) is 0 Å². The minimum absolute atomic E-state index is 0.0353. The average Bonchev–Trinajstić information content (AvgIpc) is 3.07. The molecule has 7 heteroatoms. The number of carbonyl (C=O) groups is 1. The average molecular weight is 392 g/mol. The summed E-state index contributed by atoms with van der Waals surface area (Å²) < 4.78 is 13.4. The molecule has 6 nitrogen and oxygen atoms in total. The van der Waals surface area contributed by atoms with Crippen LogP contribution < -0.4 is 21.3 Å². The van der Waals surface area contributed by atoms with Crippen molar-refractivity contribution in [3.8, 4) is 0 Å². The minimum Gasteiger partial charge on any atom is -0.361 e. The second-order valence-electron chi connectivity index (χ2n) is 6.94. The van der Waals surface area contributed by atoms with Gasteiger partial charge in [0.05, 0.1) is 6.42 Å². The van der Waals surface area contributed by atoms with E-state index in [0.717, 1.165) is 75.0 Å².